The van der Waals surface area contributed by atoms with Crippen molar-refractivity contribution in [3.63, 3.8) is 0 Å². The number of rotatable bonds is 0. The Morgan fingerprint density at radius 2 is 2.09 bits per heavy atom. The first-order chi connectivity index (χ1) is 4.29. The molecule has 2 fully saturated rings. The van der Waals surface area contributed by atoms with Gasteiger partial charge in [0.2, 0.25) is 0 Å². The lowest BCUT2D eigenvalue weighted by Gasteiger charge is -2.31. The first-order valence-electron chi connectivity index (χ1n) is 3.77. The van der Waals surface area contributed by atoms with Crippen LogP contribution in [0.3, 0.4) is 0 Å². The standard InChI is InChI=1S/C7H14N2.2ClH/c1-7-3-2-6(9-7)4-8-5-7;;/h6,8-9H,2-5H2,1H3;2*1H. The predicted molar refractivity (Wildman–Crippen MR) is 51.9 cm³/mol. The molecule has 2 atom stereocenters. The molecule has 2 aliphatic rings. The minimum Gasteiger partial charge on any atom is -0.313 e. The van der Waals surface area contributed by atoms with Crippen LogP contribution in [0.25, 0.3) is 0 Å². The first-order valence-corrected chi connectivity index (χ1v) is 3.77. The molecule has 2 nitrogen and oxygen atoms in total. The minimum absolute atomic E-state index is 0. The third-order valence-electron chi connectivity index (χ3n) is 2.50. The fourth-order valence-electron chi connectivity index (χ4n) is 1.94. The Labute approximate surface area is 80.3 Å². The van der Waals surface area contributed by atoms with Gasteiger partial charge in [-0.3, -0.25) is 0 Å². The topological polar surface area (TPSA) is 24.1 Å². The lowest BCUT2D eigenvalue weighted by molar-refractivity contribution is 0.319. The molecule has 0 radical (unpaired) electrons. The van der Waals surface area contributed by atoms with Gasteiger partial charge in [-0.1, -0.05) is 0 Å². The summed E-state index contributed by atoms with van der Waals surface area (Å²) in [5.41, 5.74) is 0.433. The lowest BCUT2D eigenvalue weighted by Crippen LogP contribution is -2.56. The molecular weight excluding hydrogens is 183 g/mol. The second-order valence-electron chi connectivity index (χ2n) is 3.57. The minimum atomic E-state index is 0. The van der Waals surface area contributed by atoms with Crippen molar-refractivity contribution in [2.45, 2.75) is 31.3 Å². The molecule has 0 aromatic carbocycles. The Balaban J connectivity index is 0.000000500. The van der Waals surface area contributed by atoms with E-state index in [2.05, 4.69) is 17.6 Å². The molecule has 0 saturated carbocycles. The summed E-state index contributed by atoms with van der Waals surface area (Å²) < 4.78 is 0. The largest absolute Gasteiger partial charge is 0.313 e. The van der Waals surface area contributed by atoms with E-state index >= 15 is 0 Å². The smallest absolute Gasteiger partial charge is 0.0281 e. The highest BCUT2D eigenvalue weighted by Gasteiger charge is 2.36. The third-order valence-corrected chi connectivity index (χ3v) is 2.50. The summed E-state index contributed by atoms with van der Waals surface area (Å²) in [5.74, 6) is 0. The highest BCUT2D eigenvalue weighted by atomic mass is 35.5. The summed E-state index contributed by atoms with van der Waals surface area (Å²) in [6.07, 6.45) is 2.72. The van der Waals surface area contributed by atoms with Crippen molar-refractivity contribution in [1.29, 1.82) is 0 Å². The van der Waals surface area contributed by atoms with Gasteiger partial charge in [-0.15, -0.1) is 24.8 Å². The van der Waals surface area contributed by atoms with Gasteiger partial charge in [-0.2, -0.15) is 0 Å². The van der Waals surface area contributed by atoms with Crippen LogP contribution >= 0.6 is 24.8 Å². The van der Waals surface area contributed by atoms with E-state index in [1.54, 1.807) is 0 Å². The van der Waals surface area contributed by atoms with Crippen molar-refractivity contribution < 1.29 is 0 Å². The van der Waals surface area contributed by atoms with Crippen LogP contribution in [0.1, 0.15) is 19.8 Å². The van der Waals surface area contributed by atoms with Gasteiger partial charge < -0.3 is 10.6 Å². The molecule has 2 heterocycles. The quantitative estimate of drug-likeness (QED) is 0.606. The van der Waals surface area contributed by atoms with Gasteiger partial charge in [-0.25, -0.2) is 0 Å². The average Bonchev–Trinajstić information content (AvgIpc) is 2.07. The van der Waals surface area contributed by atoms with Gasteiger partial charge in [0.1, 0.15) is 0 Å². The van der Waals surface area contributed by atoms with Gasteiger partial charge >= 0.3 is 0 Å². The average molecular weight is 199 g/mol. The molecule has 68 valence electrons. The van der Waals surface area contributed by atoms with Crippen molar-refractivity contribution in [3.8, 4) is 0 Å². The van der Waals surface area contributed by atoms with E-state index in [0.717, 1.165) is 12.6 Å². The maximum atomic E-state index is 3.60. The van der Waals surface area contributed by atoms with Crippen LogP contribution < -0.4 is 10.6 Å². The van der Waals surface area contributed by atoms with Crippen LogP contribution in [0.2, 0.25) is 0 Å². The molecular formula is C7H16Cl2N2. The van der Waals surface area contributed by atoms with Crippen LogP contribution in [-0.4, -0.2) is 24.7 Å². The zero-order chi connectivity index (χ0) is 6.32. The zero-order valence-corrected chi connectivity index (χ0v) is 8.36. The maximum Gasteiger partial charge on any atom is 0.0281 e. The van der Waals surface area contributed by atoms with Gasteiger partial charge in [0.05, 0.1) is 0 Å². The second-order valence-corrected chi connectivity index (χ2v) is 3.57. The molecule has 2 aliphatic heterocycles. The normalized spacial score (nSPS) is 40.6. The number of fused-ring (bicyclic) bond motifs is 2. The van der Waals surface area contributed by atoms with E-state index < -0.39 is 0 Å². The van der Waals surface area contributed by atoms with Crippen LogP contribution in [-0.2, 0) is 0 Å². The van der Waals surface area contributed by atoms with Crippen LogP contribution in [0.15, 0.2) is 0 Å². The summed E-state index contributed by atoms with van der Waals surface area (Å²) >= 11 is 0. The van der Waals surface area contributed by atoms with Crippen molar-refractivity contribution >= 4 is 24.8 Å². The van der Waals surface area contributed by atoms with E-state index in [-0.39, 0.29) is 24.8 Å². The molecule has 11 heavy (non-hydrogen) atoms. The molecule has 2 unspecified atom stereocenters. The van der Waals surface area contributed by atoms with Gasteiger partial charge in [-0.05, 0) is 19.8 Å². The first kappa shape index (κ1) is 11.5. The predicted octanol–water partition coefficient (Wildman–Crippen LogP) is 0.944. The molecule has 0 aromatic rings. The molecule has 0 amide bonds. The van der Waals surface area contributed by atoms with Crippen molar-refractivity contribution in [2.75, 3.05) is 13.1 Å². The van der Waals surface area contributed by atoms with Crippen LogP contribution in [0.5, 0.6) is 0 Å². The second kappa shape index (κ2) is 3.94. The Kier molecular flexibility index (Phi) is 4.12. The molecule has 4 heteroatoms. The summed E-state index contributed by atoms with van der Waals surface area (Å²) in [7, 11) is 0. The molecule has 2 bridgehead atoms. The number of halogens is 2. The van der Waals surface area contributed by atoms with E-state index in [4.69, 9.17) is 0 Å². The number of hydrogen-bond donors (Lipinski definition) is 2. The third kappa shape index (κ3) is 2.22. The Morgan fingerprint density at radius 3 is 2.64 bits per heavy atom. The van der Waals surface area contributed by atoms with Crippen molar-refractivity contribution in [2.24, 2.45) is 0 Å². The number of piperazine rings is 1. The molecule has 0 aromatic heterocycles. The lowest BCUT2D eigenvalue weighted by atomic mass is 10.0. The molecule has 0 spiro atoms. The van der Waals surface area contributed by atoms with Gasteiger partial charge in [0.15, 0.2) is 0 Å². The summed E-state index contributed by atoms with van der Waals surface area (Å²) in [5, 5.41) is 7.03. The van der Waals surface area contributed by atoms with E-state index in [0.29, 0.717) is 5.54 Å². The Hall–Kier alpha value is 0.500. The summed E-state index contributed by atoms with van der Waals surface area (Å²) in [6.45, 7) is 4.64. The molecule has 2 N–H and O–H groups in total. The van der Waals surface area contributed by atoms with Crippen LogP contribution in [0.4, 0.5) is 0 Å². The zero-order valence-electron chi connectivity index (χ0n) is 6.72. The van der Waals surface area contributed by atoms with Crippen molar-refractivity contribution in [1.82, 2.24) is 10.6 Å². The highest BCUT2D eigenvalue weighted by Crippen LogP contribution is 2.24. The monoisotopic (exact) mass is 198 g/mol. The van der Waals surface area contributed by atoms with Crippen molar-refractivity contribution in [3.05, 3.63) is 0 Å². The summed E-state index contributed by atoms with van der Waals surface area (Å²) in [6, 6.07) is 0.767. The SMILES string of the molecule is CC12CCC(CNC1)N2.Cl.Cl. The molecule has 2 rings (SSSR count). The van der Waals surface area contributed by atoms with Gasteiger partial charge in [0, 0.05) is 24.7 Å². The Morgan fingerprint density at radius 1 is 1.36 bits per heavy atom. The maximum absolute atomic E-state index is 3.60. The number of hydrogen-bond acceptors (Lipinski definition) is 2. The highest BCUT2D eigenvalue weighted by molar-refractivity contribution is 5.85. The van der Waals surface area contributed by atoms with E-state index in [9.17, 15) is 0 Å². The molecule has 2 saturated heterocycles. The fourth-order valence-corrected chi connectivity index (χ4v) is 1.94. The van der Waals surface area contributed by atoms with Gasteiger partial charge in [0.25, 0.3) is 0 Å². The Bertz CT molecular complexity index is 128. The summed E-state index contributed by atoms with van der Waals surface area (Å²) in [4.78, 5) is 0. The van der Waals surface area contributed by atoms with Crippen LogP contribution in [0, 0.1) is 0 Å². The van der Waals surface area contributed by atoms with E-state index in [1.165, 1.54) is 19.4 Å². The van der Waals surface area contributed by atoms with E-state index in [1.807, 2.05) is 0 Å². The number of nitrogens with one attached hydrogen (secondary N) is 2. The fraction of sp³-hybridized carbons (Fsp3) is 1.00. The molecule has 0 aliphatic carbocycles.